The van der Waals surface area contributed by atoms with Gasteiger partial charge in [0.15, 0.2) is 0 Å². The summed E-state index contributed by atoms with van der Waals surface area (Å²) >= 11 is 0. The molecular formula is C13H27N5. The normalized spacial score (nSPS) is 14.2. The topological polar surface area (TPSA) is 59.1 Å². The van der Waals surface area contributed by atoms with Gasteiger partial charge in [-0.2, -0.15) is 5.10 Å². The predicted octanol–water partition coefficient (Wildman–Crippen LogP) is 1.53. The number of likely N-dealkylation sites (N-methyl/N-ethyl adjacent to an activating group) is 1. The minimum absolute atomic E-state index is 0.0554. The summed E-state index contributed by atoms with van der Waals surface area (Å²) in [4.78, 5) is 2.41. The number of hydrogen-bond acceptors (Lipinski definition) is 4. The van der Waals surface area contributed by atoms with Crippen molar-refractivity contribution in [2.75, 3.05) is 13.1 Å². The maximum atomic E-state index is 5.80. The lowest BCUT2D eigenvalue weighted by molar-refractivity contribution is 0.0876. The molecule has 1 aromatic heterocycles. The fourth-order valence-corrected chi connectivity index (χ4v) is 2.72. The number of rotatable bonds is 7. The molecule has 0 saturated carbocycles. The van der Waals surface area contributed by atoms with E-state index in [9.17, 15) is 0 Å². The summed E-state index contributed by atoms with van der Waals surface area (Å²) in [7, 11) is 0. The van der Waals surface area contributed by atoms with Gasteiger partial charge in [0.25, 0.3) is 0 Å². The summed E-state index contributed by atoms with van der Waals surface area (Å²) < 4.78 is 2.00. The predicted molar refractivity (Wildman–Crippen MR) is 75.0 cm³/mol. The van der Waals surface area contributed by atoms with Gasteiger partial charge in [-0.25, -0.2) is 5.43 Å². The number of aromatic nitrogens is 2. The maximum Gasteiger partial charge on any atom is 0.0807 e. The van der Waals surface area contributed by atoms with Crippen molar-refractivity contribution in [2.24, 2.45) is 5.84 Å². The van der Waals surface area contributed by atoms with Gasteiger partial charge >= 0.3 is 0 Å². The molecule has 18 heavy (non-hydrogen) atoms. The van der Waals surface area contributed by atoms with E-state index in [0.717, 1.165) is 25.3 Å². The van der Waals surface area contributed by atoms with Gasteiger partial charge in [-0.1, -0.05) is 13.8 Å². The molecule has 1 atom stereocenters. The number of hydrazine groups is 1. The Morgan fingerprint density at radius 2 is 2.00 bits per heavy atom. The lowest BCUT2D eigenvalue weighted by atomic mass is 9.90. The summed E-state index contributed by atoms with van der Waals surface area (Å²) in [6, 6.07) is 2.10. The third-order valence-corrected chi connectivity index (χ3v) is 3.80. The van der Waals surface area contributed by atoms with Gasteiger partial charge in [-0.15, -0.1) is 0 Å². The molecule has 0 aliphatic heterocycles. The van der Waals surface area contributed by atoms with Crippen LogP contribution in [0, 0.1) is 0 Å². The van der Waals surface area contributed by atoms with E-state index in [1.807, 2.05) is 16.9 Å². The molecule has 0 saturated heterocycles. The molecular weight excluding hydrogens is 226 g/mol. The van der Waals surface area contributed by atoms with Gasteiger partial charge in [-0.3, -0.25) is 15.4 Å². The Morgan fingerprint density at radius 3 is 2.44 bits per heavy atom. The zero-order valence-electron chi connectivity index (χ0n) is 12.3. The molecule has 0 aliphatic carbocycles. The van der Waals surface area contributed by atoms with Crippen LogP contribution in [0.5, 0.6) is 0 Å². The largest absolute Gasteiger partial charge is 0.297 e. The Balaban J connectivity index is 3.09. The lowest BCUT2D eigenvalue weighted by Gasteiger charge is -2.43. The van der Waals surface area contributed by atoms with Crippen molar-refractivity contribution in [1.29, 1.82) is 0 Å². The molecule has 0 aromatic carbocycles. The van der Waals surface area contributed by atoms with Crippen LogP contribution in [0.3, 0.4) is 0 Å². The monoisotopic (exact) mass is 253 g/mol. The Hall–Kier alpha value is -0.910. The number of nitrogens with two attached hydrogens (primary N) is 1. The Kier molecular flexibility index (Phi) is 5.31. The van der Waals surface area contributed by atoms with E-state index >= 15 is 0 Å². The number of aryl methyl sites for hydroxylation is 1. The van der Waals surface area contributed by atoms with Crippen molar-refractivity contribution in [3.8, 4) is 0 Å². The first-order valence-electron chi connectivity index (χ1n) is 6.75. The highest BCUT2D eigenvalue weighted by Gasteiger charge is 2.36. The van der Waals surface area contributed by atoms with E-state index in [1.165, 1.54) is 0 Å². The van der Waals surface area contributed by atoms with Crippen LogP contribution in [0.25, 0.3) is 0 Å². The van der Waals surface area contributed by atoms with E-state index in [4.69, 9.17) is 5.84 Å². The molecule has 0 spiro atoms. The Bertz CT molecular complexity index is 354. The van der Waals surface area contributed by atoms with Crippen LogP contribution < -0.4 is 11.3 Å². The van der Waals surface area contributed by atoms with Crippen molar-refractivity contribution < 1.29 is 0 Å². The standard InChI is InChI=1S/C13H27N5/c1-6-17(7-2)13(4,5)12(16-14)11-9-10-15-18(11)8-3/h9-10,12,16H,6-8,14H2,1-5H3. The highest BCUT2D eigenvalue weighted by atomic mass is 15.3. The molecule has 1 rings (SSSR count). The minimum Gasteiger partial charge on any atom is -0.297 e. The molecule has 1 heterocycles. The van der Waals surface area contributed by atoms with E-state index < -0.39 is 0 Å². The first kappa shape index (κ1) is 15.1. The summed E-state index contributed by atoms with van der Waals surface area (Å²) in [5.41, 5.74) is 4.04. The van der Waals surface area contributed by atoms with Crippen molar-refractivity contribution in [3.63, 3.8) is 0 Å². The zero-order valence-corrected chi connectivity index (χ0v) is 12.3. The average Bonchev–Trinajstić information content (AvgIpc) is 2.79. The fourth-order valence-electron chi connectivity index (χ4n) is 2.72. The van der Waals surface area contributed by atoms with Crippen LogP contribution in [0.4, 0.5) is 0 Å². The van der Waals surface area contributed by atoms with Gasteiger partial charge in [0.2, 0.25) is 0 Å². The van der Waals surface area contributed by atoms with Crippen molar-refractivity contribution >= 4 is 0 Å². The smallest absolute Gasteiger partial charge is 0.0807 e. The van der Waals surface area contributed by atoms with Gasteiger partial charge in [0.05, 0.1) is 11.7 Å². The quantitative estimate of drug-likeness (QED) is 0.571. The summed E-state index contributed by atoms with van der Waals surface area (Å²) in [6.45, 7) is 13.7. The van der Waals surface area contributed by atoms with Crippen LogP contribution in [0.1, 0.15) is 46.4 Å². The van der Waals surface area contributed by atoms with Gasteiger partial charge < -0.3 is 0 Å². The highest BCUT2D eigenvalue weighted by molar-refractivity contribution is 5.13. The van der Waals surface area contributed by atoms with E-state index in [-0.39, 0.29) is 11.6 Å². The second kappa shape index (κ2) is 6.31. The van der Waals surface area contributed by atoms with Crippen LogP contribution >= 0.6 is 0 Å². The summed E-state index contributed by atoms with van der Waals surface area (Å²) in [5.74, 6) is 5.80. The molecule has 0 bridgehead atoms. The van der Waals surface area contributed by atoms with E-state index in [1.54, 1.807) is 0 Å². The van der Waals surface area contributed by atoms with Crippen molar-refractivity contribution in [1.82, 2.24) is 20.1 Å². The van der Waals surface area contributed by atoms with Crippen molar-refractivity contribution in [2.45, 2.75) is 52.7 Å². The SMILES string of the molecule is CCN(CC)C(C)(C)C(NN)c1ccnn1CC. The van der Waals surface area contributed by atoms with E-state index in [0.29, 0.717) is 0 Å². The Morgan fingerprint density at radius 1 is 1.39 bits per heavy atom. The molecule has 5 nitrogen and oxygen atoms in total. The summed E-state index contributed by atoms with van der Waals surface area (Å²) in [6.07, 6.45) is 1.83. The van der Waals surface area contributed by atoms with Crippen LogP contribution in [0.15, 0.2) is 12.3 Å². The number of nitrogens with zero attached hydrogens (tertiary/aromatic N) is 3. The average molecular weight is 253 g/mol. The van der Waals surface area contributed by atoms with Gasteiger partial charge in [0, 0.05) is 18.3 Å². The van der Waals surface area contributed by atoms with Gasteiger partial charge in [-0.05, 0) is 39.9 Å². The molecule has 5 heteroatoms. The first-order chi connectivity index (χ1) is 8.52. The van der Waals surface area contributed by atoms with Crippen molar-refractivity contribution in [3.05, 3.63) is 18.0 Å². The van der Waals surface area contributed by atoms with Gasteiger partial charge in [0.1, 0.15) is 0 Å². The molecule has 1 unspecified atom stereocenters. The molecule has 3 N–H and O–H groups in total. The lowest BCUT2D eigenvalue weighted by Crippen LogP contribution is -2.54. The first-order valence-corrected chi connectivity index (χ1v) is 6.75. The molecule has 0 fully saturated rings. The zero-order chi connectivity index (χ0) is 13.8. The Labute approximate surface area is 110 Å². The maximum absolute atomic E-state index is 5.80. The molecule has 1 aromatic rings. The van der Waals surface area contributed by atoms with Crippen LogP contribution in [-0.2, 0) is 6.54 Å². The molecule has 104 valence electrons. The van der Waals surface area contributed by atoms with Crippen LogP contribution in [-0.4, -0.2) is 33.3 Å². The number of nitrogens with one attached hydrogen (secondary N) is 1. The fraction of sp³-hybridized carbons (Fsp3) is 0.769. The second-order valence-corrected chi connectivity index (χ2v) is 5.00. The molecule has 0 aliphatic rings. The summed E-state index contributed by atoms with van der Waals surface area (Å²) in [5, 5.41) is 4.33. The van der Waals surface area contributed by atoms with E-state index in [2.05, 4.69) is 50.0 Å². The molecule has 0 amide bonds. The molecule has 0 radical (unpaired) electrons. The third-order valence-electron chi connectivity index (χ3n) is 3.80. The minimum atomic E-state index is -0.0643. The highest BCUT2D eigenvalue weighted by Crippen LogP contribution is 2.30. The third kappa shape index (κ3) is 2.74. The van der Waals surface area contributed by atoms with Crippen LogP contribution in [0.2, 0.25) is 0 Å². The number of hydrogen-bond donors (Lipinski definition) is 2. The second-order valence-electron chi connectivity index (χ2n) is 5.00.